The van der Waals surface area contributed by atoms with Crippen molar-refractivity contribution in [2.75, 3.05) is 19.5 Å². The van der Waals surface area contributed by atoms with E-state index < -0.39 is 0 Å². The van der Waals surface area contributed by atoms with Gasteiger partial charge in [-0.15, -0.1) is 10.2 Å². The predicted octanol–water partition coefficient (Wildman–Crippen LogP) is 5.88. The van der Waals surface area contributed by atoms with Crippen LogP contribution in [0, 0.1) is 0 Å². The zero-order valence-electron chi connectivity index (χ0n) is 22.8. The van der Waals surface area contributed by atoms with Gasteiger partial charge in [0.15, 0.2) is 11.0 Å². The summed E-state index contributed by atoms with van der Waals surface area (Å²) in [6, 6.07) is 23.5. The molecule has 0 spiro atoms. The van der Waals surface area contributed by atoms with Crippen LogP contribution in [0.4, 0.5) is 0 Å². The number of nitrogens with zero attached hydrogens (tertiary/aromatic N) is 4. The van der Waals surface area contributed by atoms with Gasteiger partial charge >= 0.3 is 0 Å². The largest absolute Gasteiger partial charge is 0.497 e. The minimum atomic E-state index is -0.259. The van der Waals surface area contributed by atoms with E-state index in [1.54, 1.807) is 13.3 Å². The Bertz CT molecular complexity index is 1420. The van der Waals surface area contributed by atoms with Crippen LogP contribution in [0.3, 0.4) is 0 Å². The third-order valence-corrected chi connectivity index (χ3v) is 6.85. The summed E-state index contributed by atoms with van der Waals surface area (Å²) in [5.41, 5.74) is 6.45. The van der Waals surface area contributed by atoms with Crippen molar-refractivity contribution in [2.24, 2.45) is 5.10 Å². The van der Waals surface area contributed by atoms with E-state index >= 15 is 0 Å². The molecule has 0 aliphatic rings. The normalized spacial score (nSPS) is 11.5. The Morgan fingerprint density at radius 3 is 2.41 bits per heavy atom. The van der Waals surface area contributed by atoms with E-state index in [-0.39, 0.29) is 17.1 Å². The van der Waals surface area contributed by atoms with Gasteiger partial charge in [0.2, 0.25) is 0 Å². The van der Waals surface area contributed by atoms with Gasteiger partial charge in [0.25, 0.3) is 5.91 Å². The number of ether oxygens (including phenoxy) is 2. The van der Waals surface area contributed by atoms with Crippen molar-refractivity contribution in [1.82, 2.24) is 20.2 Å². The SMILES string of the molecule is CCOc1ccccc1/C=N\NC(=O)CSc1nnc(-c2ccc(C(C)(C)C)cc2)n1-c1ccc(OC)cc1. The fourth-order valence-corrected chi connectivity index (χ4v) is 4.59. The van der Waals surface area contributed by atoms with Crippen LogP contribution >= 0.6 is 11.8 Å². The van der Waals surface area contributed by atoms with Crippen molar-refractivity contribution < 1.29 is 14.3 Å². The van der Waals surface area contributed by atoms with Crippen molar-refractivity contribution >= 4 is 23.9 Å². The summed E-state index contributed by atoms with van der Waals surface area (Å²) in [7, 11) is 1.63. The molecule has 0 radical (unpaired) electrons. The van der Waals surface area contributed by atoms with Crippen LogP contribution in [-0.4, -0.2) is 46.4 Å². The van der Waals surface area contributed by atoms with Crippen LogP contribution in [0.25, 0.3) is 17.1 Å². The van der Waals surface area contributed by atoms with Gasteiger partial charge < -0.3 is 9.47 Å². The molecule has 202 valence electrons. The first-order valence-corrected chi connectivity index (χ1v) is 13.7. The number of nitrogens with one attached hydrogen (secondary N) is 1. The Morgan fingerprint density at radius 1 is 1.03 bits per heavy atom. The molecule has 0 unspecified atom stereocenters. The van der Waals surface area contributed by atoms with Crippen LogP contribution in [0.15, 0.2) is 83.1 Å². The third kappa shape index (κ3) is 7.06. The lowest BCUT2D eigenvalue weighted by Gasteiger charge is -2.19. The van der Waals surface area contributed by atoms with Crippen LogP contribution in [-0.2, 0) is 10.2 Å². The van der Waals surface area contributed by atoms with Crippen LogP contribution in [0.5, 0.6) is 11.5 Å². The molecule has 4 rings (SSSR count). The molecule has 0 saturated heterocycles. The molecule has 0 aliphatic carbocycles. The Labute approximate surface area is 233 Å². The number of amides is 1. The number of hydrogen-bond acceptors (Lipinski definition) is 7. The molecule has 1 N–H and O–H groups in total. The fourth-order valence-electron chi connectivity index (χ4n) is 3.84. The zero-order valence-corrected chi connectivity index (χ0v) is 23.7. The smallest absolute Gasteiger partial charge is 0.250 e. The average molecular weight is 544 g/mol. The van der Waals surface area contributed by atoms with Gasteiger partial charge in [-0.2, -0.15) is 5.10 Å². The number of aromatic nitrogens is 3. The lowest BCUT2D eigenvalue weighted by Crippen LogP contribution is -2.20. The molecule has 0 saturated carbocycles. The number of para-hydroxylation sites is 1. The number of carbonyl (C=O) groups is 1. The van der Waals surface area contributed by atoms with Gasteiger partial charge in [-0.05, 0) is 54.3 Å². The van der Waals surface area contributed by atoms with Crippen molar-refractivity contribution in [3.8, 4) is 28.6 Å². The van der Waals surface area contributed by atoms with Gasteiger partial charge in [-0.25, -0.2) is 5.43 Å². The fraction of sp³-hybridized carbons (Fsp3) is 0.267. The molecule has 3 aromatic carbocycles. The summed E-state index contributed by atoms with van der Waals surface area (Å²) in [6.45, 7) is 9.02. The van der Waals surface area contributed by atoms with Crippen molar-refractivity contribution in [3.05, 3.63) is 83.9 Å². The van der Waals surface area contributed by atoms with Crippen molar-refractivity contribution in [2.45, 2.75) is 38.3 Å². The third-order valence-electron chi connectivity index (χ3n) is 5.92. The Morgan fingerprint density at radius 2 is 1.74 bits per heavy atom. The molecule has 1 amide bonds. The second-order valence-electron chi connectivity index (χ2n) is 9.72. The van der Waals surface area contributed by atoms with E-state index in [1.807, 2.05) is 60.0 Å². The minimum absolute atomic E-state index is 0.0458. The van der Waals surface area contributed by atoms with E-state index in [2.05, 4.69) is 65.8 Å². The summed E-state index contributed by atoms with van der Waals surface area (Å²) >= 11 is 1.29. The predicted molar refractivity (Wildman–Crippen MR) is 156 cm³/mol. The molecule has 0 bridgehead atoms. The van der Waals surface area contributed by atoms with Gasteiger partial charge in [0.1, 0.15) is 11.5 Å². The molecule has 9 heteroatoms. The maximum atomic E-state index is 12.6. The lowest BCUT2D eigenvalue weighted by atomic mass is 9.87. The summed E-state index contributed by atoms with van der Waals surface area (Å²) in [5, 5.41) is 13.6. The Kier molecular flexibility index (Phi) is 9.03. The maximum Gasteiger partial charge on any atom is 0.250 e. The van der Waals surface area contributed by atoms with Crippen LogP contribution in [0.2, 0.25) is 0 Å². The second kappa shape index (κ2) is 12.6. The van der Waals surface area contributed by atoms with Gasteiger partial charge in [-0.1, -0.05) is 68.9 Å². The highest BCUT2D eigenvalue weighted by atomic mass is 32.2. The van der Waals surface area contributed by atoms with Gasteiger partial charge in [-0.3, -0.25) is 9.36 Å². The molecule has 0 fully saturated rings. The highest BCUT2D eigenvalue weighted by Crippen LogP contribution is 2.30. The second-order valence-corrected chi connectivity index (χ2v) is 10.7. The Balaban J connectivity index is 1.53. The molecular weight excluding hydrogens is 510 g/mol. The number of hydrazone groups is 1. The number of hydrogen-bond donors (Lipinski definition) is 1. The summed E-state index contributed by atoms with van der Waals surface area (Å²) in [5.74, 6) is 2.00. The average Bonchev–Trinajstić information content (AvgIpc) is 3.36. The molecule has 39 heavy (non-hydrogen) atoms. The van der Waals surface area contributed by atoms with Gasteiger partial charge in [0.05, 0.1) is 25.7 Å². The number of thioether (sulfide) groups is 1. The lowest BCUT2D eigenvalue weighted by molar-refractivity contribution is -0.118. The highest BCUT2D eigenvalue weighted by molar-refractivity contribution is 7.99. The summed E-state index contributed by atoms with van der Waals surface area (Å²) in [6.07, 6.45) is 1.58. The molecule has 0 aliphatic heterocycles. The number of benzene rings is 3. The molecule has 1 heterocycles. The first kappa shape index (κ1) is 27.9. The standard InChI is InChI=1S/C30H33N5O3S/c1-6-38-26-10-8-7-9-22(26)19-31-32-27(36)20-39-29-34-33-28(21-11-13-23(14-12-21)30(2,3)4)35(29)24-15-17-25(37-5)18-16-24/h7-19H,6,20H2,1-5H3,(H,32,36)/b31-19-. The number of carbonyl (C=O) groups excluding carboxylic acids is 1. The summed E-state index contributed by atoms with van der Waals surface area (Å²) < 4.78 is 12.9. The Hall–Kier alpha value is -4.11. The van der Waals surface area contributed by atoms with Crippen molar-refractivity contribution in [1.29, 1.82) is 0 Å². The monoisotopic (exact) mass is 543 g/mol. The first-order chi connectivity index (χ1) is 18.8. The molecular formula is C30H33N5O3S. The van der Waals surface area contributed by atoms with E-state index in [1.165, 1.54) is 17.3 Å². The highest BCUT2D eigenvalue weighted by Gasteiger charge is 2.19. The minimum Gasteiger partial charge on any atom is -0.497 e. The maximum absolute atomic E-state index is 12.6. The quantitative estimate of drug-likeness (QED) is 0.153. The van der Waals surface area contributed by atoms with Crippen LogP contribution in [0.1, 0.15) is 38.8 Å². The molecule has 0 atom stereocenters. The molecule has 8 nitrogen and oxygen atoms in total. The topological polar surface area (TPSA) is 90.6 Å². The van der Waals surface area contributed by atoms with E-state index in [0.717, 1.165) is 22.6 Å². The van der Waals surface area contributed by atoms with E-state index in [9.17, 15) is 4.79 Å². The number of methoxy groups -OCH3 is 1. The molecule has 4 aromatic rings. The summed E-state index contributed by atoms with van der Waals surface area (Å²) in [4.78, 5) is 12.6. The van der Waals surface area contributed by atoms with Crippen LogP contribution < -0.4 is 14.9 Å². The van der Waals surface area contributed by atoms with E-state index in [0.29, 0.717) is 23.3 Å². The van der Waals surface area contributed by atoms with E-state index in [4.69, 9.17) is 9.47 Å². The first-order valence-electron chi connectivity index (χ1n) is 12.7. The molecule has 1 aromatic heterocycles. The zero-order chi connectivity index (χ0) is 27.8. The number of rotatable bonds is 10. The van der Waals surface area contributed by atoms with Gasteiger partial charge in [0, 0.05) is 16.8 Å². The van der Waals surface area contributed by atoms with Crippen molar-refractivity contribution in [3.63, 3.8) is 0 Å².